The van der Waals surface area contributed by atoms with E-state index in [4.69, 9.17) is 0 Å². The van der Waals surface area contributed by atoms with Crippen LogP contribution in [0.5, 0.6) is 0 Å². The van der Waals surface area contributed by atoms with Crippen molar-refractivity contribution in [2.24, 2.45) is 0 Å². The first-order valence-corrected chi connectivity index (χ1v) is 9.64. The summed E-state index contributed by atoms with van der Waals surface area (Å²) >= 11 is 1.09. The van der Waals surface area contributed by atoms with Gasteiger partial charge in [0.05, 0.1) is 11.4 Å². The predicted molar refractivity (Wildman–Crippen MR) is 93.1 cm³/mol. The molecular formula is C16H16FN3O2S2. The van der Waals surface area contributed by atoms with Crippen molar-refractivity contribution < 1.29 is 12.8 Å². The SMILES string of the molecule is CC(C)n1nccc1-c1csc(S(=O)(=O)Nc2ccccc2F)c1. The molecular weight excluding hydrogens is 349 g/mol. The van der Waals surface area contributed by atoms with Crippen LogP contribution in [0.1, 0.15) is 19.9 Å². The van der Waals surface area contributed by atoms with E-state index in [-0.39, 0.29) is 15.9 Å². The summed E-state index contributed by atoms with van der Waals surface area (Å²) in [7, 11) is -3.84. The molecule has 2 heterocycles. The van der Waals surface area contributed by atoms with E-state index in [9.17, 15) is 12.8 Å². The Bertz CT molecular complexity index is 961. The van der Waals surface area contributed by atoms with Crippen molar-refractivity contribution >= 4 is 27.0 Å². The number of aromatic nitrogens is 2. The highest BCUT2D eigenvalue weighted by Crippen LogP contribution is 2.31. The fourth-order valence-electron chi connectivity index (χ4n) is 2.29. The first-order chi connectivity index (χ1) is 11.4. The third kappa shape index (κ3) is 3.20. The Labute approximate surface area is 143 Å². The number of thiophene rings is 1. The molecule has 0 atom stereocenters. The maximum atomic E-state index is 13.7. The molecule has 0 radical (unpaired) electrons. The smallest absolute Gasteiger partial charge is 0.271 e. The summed E-state index contributed by atoms with van der Waals surface area (Å²) in [5.41, 5.74) is 1.54. The number of rotatable bonds is 5. The fraction of sp³-hybridized carbons (Fsp3) is 0.188. The largest absolute Gasteiger partial charge is 0.276 e. The molecule has 0 saturated heterocycles. The van der Waals surface area contributed by atoms with Gasteiger partial charge in [0.15, 0.2) is 0 Å². The third-order valence-electron chi connectivity index (χ3n) is 3.41. The van der Waals surface area contributed by atoms with Crippen LogP contribution < -0.4 is 4.72 Å². The van der Waals surface area contributed by atoms with Gasteiger partial charge in [0.25, 0.3) is 10.0 Å². The van der Waals surface area contributed by atoms with Crippen LogP contribution in [0.4, 0.5) is 10.1 Å². The van der Waals surface area contributed by atoms with E-state index < -0.39 is 15.8 Å². The summed E-state index contributed by atoms with van der Waals surface area (Å²) in [4.78, 5) is 0. The molecule has 0 aliphatic heterocycles. The number of halogens is 1. The molecule has 24 heavy (non-hydrogen) atoms. The second-order valence-electron chi connectivity index (χ2n) is 5.49. The minimum Gasteiger partial charge on any atom is -0.276 e. The zero-order chi connectivity index (χ0) is 17.3. The molecule has 126 valence electrons. The molecule has 3 rings (SSSR count). The molecule has 0 amide bonds. The van der Waals surface area contributed by atoms with E-state index in [2.05, 4.69) is 9.82 Å². The molecule has 8 heteroatoms. The quantitative estimate of drug-likeness (QED) is 0.739. The fourth-order valence-corrected chi connectivity index (χ4v) is 4.53. The summed E-state index contributed by atoms with van der Waals surface area (Å²) in [6.07, 6.45) is 1.68. The van der Waals surface area contributed by atoms with Crippen molar-refractivity contribution in [2.45, 2.75) is 24.1 Å². The number of nitrogens with one attached hydrogen (secondary N) is 1. The Balaban J connectivity index is 1.92. The summed E-state index contributed by atoms with van der Waals surface area (Å²) in [6, 6.07) is 9.23. The summed E-state index contributed by atoms with van der Waals surface area (Å²) < 4.78 is 42.8. The van der Waals surface area contributed by atoms with Gasteiger partial charge in [0, 0.05) is 23.2 Å². The van der Waals surface area contributed by atoms with Crippen LogP contribution in [-0.4, -0.2) is 18.2 Å². The zero-order valence-electron chi connectivity index (χ0n) is 13.1. The van der Waals surface area contributed by atoms with E-state index in [0.29, 0.717) is 0 Å². The lowest BCUT2D eigenvalue weighted by atomic mass is 10.2. The molecule has 3 aromatic rings. The first-order valence-electron chi connectivity index (χ1n) is 7.28. The molecule has 0 aliphatic carbocycles. The van der Waals surface area contributed by atoms with Gasteiger partial charge in [-0.2, -0.15) is 5.10 Å². The average Bonchev–Trinajstić information content (AvgIpc) is 3.17. The number of nitrogens with zero attached hydrogens (tertiary/aromatic N) is 2. The summed E-state index contributed by atoms with van der Waals surface area (Å²) in [5, 5.41) is 6.01. The summed E-state index contributed by atoms with van der Waals surface area (Å²) in [5.74, 6) is -0.615. The maximum absolute atomic E-state index is 13.7. The summed E-state index contributed by atoms with van der Waals surface area (Å²) in [6.45, 7) is 4.00. The third-order valence-corrected chi connectivity index (χ3v) is 6.22. The predicted octanol–water partition coefficient (Wildman–Crippen LogP) is 4.13. The van der Waals surface area contributed by atoms with Crippen molar-refractivity contribution in [1.82, 2.24) is 9.78 Å². The van der Waals surface area contributed by atoms with Gasteiger partial charge < -0.3 is 0 Å². The molecule has 5 nitrogen and oxygen atoms in total. The van der Waals surface area contributed by atoms with Crippen LogP contribution >= 0.6 is 11.3 Å². The maximum Gasteiger partial charge on any atom is 0.271 e. The molecule has 0 unspecified atom stereocenters. The van der Waals surface area contributed by atoms with Crippen molar-refractivity contribution in [3.05, 3.63) is 53.8 Å². The van der Waals surface area contributed by atoms with Gasteiger partial charge in [-0.15, -0.1) is 11.3 Å². The van der Waals surface area contributed by atoms with Gasteiger partial charge in [0.1, 0.15) is 10.0 Å². The van der Waals surface area contributed by atoms with E-state index in [1.165, 1.54) is 18.2 Å². The minimum absolute atomic E-state index is 0.0697. The molecule has 0 fully saturated rings. The monoisotopic (exact) mass is 365 g/mol. The van der Waals surface area contributed by atoms with Crippen LogP contribution in [-0.2, 0) is 10.0 Å². The second kappa shape index (κ2) is 6.37. The molecule has 0 saturated carbocycles. The first kappa shape index (κ1) is 16.7. The van der Waals surface area contributed by atoms with E-state index in [1.54, 1.807) is 23.7 Å². The van der Waals surface area contributed by atoms with Gasteiger partial charge in [-0.05, 0) is 38.1 Å². The molecule has 0 spiro atoms. The van der Waals surface area contributed by atoms with Crippen LogP contribution in [0.3, 0.4) is 0 Å². The van der Waals surface area contributed by atoms with Gasteiger partial charge in [0.2, 0.25) is 0 Å². The highest BCUT2D eigenvalue weighted by molar-refractivity contribution is 7.94. The minimum atomic E-state index is -3.84. The topological polar surface area (TPSA) is 64.0 Å². The number of hydrogen-bond donors (Lipinski definition) is 1. The van der Waals surface area contributed by atoms with Gasteiger partial charge in [-0.1, -0.05) is 12.1 Å². The molecule has 0 aliphatic rings. The Morgan fingerprint density at radius 3 is 2.71 bits per heavy atom. The Morgan fingerprint density at radius 2 is 2.00 bits per heavy atom. The zero-order valence-corrected chi connectivity index (χ0v) is 14.7. The highest BCUT2D eigenvalue weighted by Gasteiger charge is 2.20. The van der Waals surface area contributed by atoms with E-state index >= 15 is 0 Å². The van der Waals surface area contributed by atoms with E-state index in [0.717, 1.165) is 22.6 Å². The molecule has 1 aromatic carbocycles. The second-order valence-corrected chi connectivity index (χ2v) is 8.32. The lowest BCUT2D eigenvalue weighted by Gasteiger charge is -2.09. The molecule has 2 aromatic heterocycles. The number of hydrogen-bond acceptors (Lipinski definition) is 4. The molecule has 1 N–H and O–H groups in total. The van der Waals surface area contributed by atoms with Gasteiger partial charge in [-0.3, -0.25) is 9.40 Å². The van der Waals surface area contributed by atoms with Crippen molar-refractivity contribution in [3.8, 4) is 11.3 Å². The number of sulfonamides is 1. The van der Waals surface area contributed by atoms with E-state index in [1.807, 2.05) is 24.6 Å². The Hall–Kier alpha value is -2.19. The normalized spacial score (nSPS) is 11.8. The van der Waals surface area contributed by atoms with Crippen molar-refractivity contribution in [1.29, 1.82) is 0 Å². The Kier molecular flexibility index (Phi) is 4.42. The number of para-hydroxylation sites is 1. The number of anilines is 1. The lowest BCUT2D eigenvalue weighted by molar-refractivity contribution is 0.538. The van der Waals surface area contributed by atoms with Crippen molar-refractivity contribution in [3.63, 3.8) is 0 Å². The van der Waals surface area contributed by atoms with Crippen LogP contribution in [0, 0.1) is 5.82 Å². The van der Waals surface area contributed by atoms with Crippen LogP contribution in [0.25, 0.3) is 11.3 Å². The van der Waals surface area contributed by atoms with Gasteiger partial charge >= 0.3 is 0 Å². The van der Waals surface area contributed by atoms with Crippen molar-refractivity contribution in [2.75, 3.05) is 4.72 Å². The highest BCUT2D eigenvalue weighted by atomic mass is 32.2. The standard InChI is InChI=1S/C16H16FN3O2S2/c1-11(2)20-15(7-8-18-20)12-9-16(23-10-12)24(21,22)19-14-6-4-3-5-13(14)17/h3-11,19H,1-2H3. The number of benzene rings is 1. The van der Waals surface area contributed by atoms with Gasteiger partial charge in [-0.25, -0.2) is 12.8 Å². The lowest BCUT2D eigenvalue weighted by Crippen LogP contribution is -2.12. The molecule has 0 bridgehead atoms. The van der Waals surface area contributed by atoms with Crippen LogP contribution in [0.2, 0.25) is 0 Å². The average molecular weight is 365 g/mol. The Morgan fingerprint density at radius 1 is 1.25 bits per heavy atom. The van der Waals surface area contributed by atoms with Crippen LogP contribution in [0.15, 0.2) is 52.2 Å².